The average molecular weight is 386 g/mol. The normalized spacial score (nSPS) is 15.6. The highest BCUT2D eigenvalue weighted by molar-refractivity contribution is 6.31. The van der Waals surface area contributed by atoms with E-state index in [1.807, 2.05) is 0 Å². The zero-order valence-corrected chi connectivity index (χ0v) is 14.4. The Hall–Kier alpha value is -2.35. The quantitative estimate of drug-likeness (QED) is 0.840. The van der Waals surface area contributed by atoms with E-state index >= 15 is 0 Å². The third-order valence-corrected chi connectivity index (χ3v) is 4.43. The maximum atomic E-state index is 12.7. The predicted molar refractivity (Wildman–Crippen MR) is 89.2 cm³/mol. The molecule has 1 aliphatic rings. The number of nitrogens with one attached hydrogen (secondary N) is 2. The van der Waals surface area contributed by atoms with Crippen molar-refractivity contribution < 1.29 is 18.0 Å². The third-order valence-electron chi connectivity index (χ3n) is 4.10. The monoisotopic (exact) mass is 385 g/mol. The molecule has 9 heteroatoms. The van der Waals surface area contributed by atoms with Crippen LogP contribution in [0.4, 0.5) is 13.2 Å². The third kappa shape index (κ3) is 4.07. The first-order valence-electron chi connectivity index (χ1n) is 7.94. The number of carbonyl (C=O) groups is 1. The number of hydrogen-bond donors (Lipinski definition) is 2. The average Bonchev–Trinajstić information content (AvgIpc) is 3.38. The molecule has 0 bridgehead atoms. The number of amides is 1. The van der Waals surface area contributed by atoms with Gasteiger partial charge in [0.2, 0.25) is 0 Å². The Morgan fingerprint density at radius 1 is 1.35 bits per heavy atom. The number of alkyl halides is 3. The van der Waals surface area contributed by atoms with Crippen LogP contribution in [-0.4, -0.2) is 15.9 Å². The van der Waals surface area contributed by atoms with E-state index < -0.39 is 29.2 Å². The summed E-state index contributed by atoms with van der Waals surface area (Å²) in [7, 11) is 0. The summed E-state index contributed by atoms with van der Waals surface area (Å²) >= 11 is 5.94. The fourth-order valence-corrected chi connectivity index (χ4v) is 2.89. The van der Waals surface area contributed by atoms with Crippen molar-refractivity contribution in [1.29, 1.82) is 0 Å². The van der Waals surface area contributed by atoms with E-state index in [2.05, 4.69) is 15.3 Å². The van der Waals surface area contributed by atoms with Gasteiger partial charge in [-0.25, -0.2) is 4.98 Å². The molecule has 0 spiro atoms. The Bertz CT molecular complexity index is 907. The molecule has 1 fully saturated rings. The van der Waals surface area contributed by atoms with Gasteiger partial charge in [-0.05, 0) is 37.5 Å². The van der Waals surface area contributed by atoms with Gasteiger partial charge in [0.05, 0.1) is 11.6 Å². The molecule has 26 heavy (non-hydrogen) atoms. The molecule has 1 aliphatic carbocycles. The minimum absolute atomic E-state index is 0.0365. The maximum absolute atomic E-state index is 12.7. The van der Waals surface area contributed by atoms with Crippen LogP contribution in [0.5, 0.6) is 0 Å². The van der Waals surface area contributed by atoms with Crippen molar-refractivity contribution >= 4 is 17.5 Å². The van der Waals surface area contributed by atoms with Crippen molar-refractivity contribution in [2.24, 2.45) is 0 Å². The van der Waals surface area contributed by atoms with Crippen LogP contribution in [0.2, 0.25) is 5.02 Å². The van der Waals surface area contributed by atoms with Crippen molar-refractivity contribution in [3.63, 3.8) is 0 Å². The van der Waals surface area contributed by atoms with Gasteiger partial charge in [-0.3, -0.25) is 9.59 Å². The summed E-state index contributed by atoms with van der Waals surface area (Å²) in [5.41, 5.74) is -0.992. The van der Waals surface area contributed by atoms with Gasteiger partial charge < -0.3 is 10.3 Å². The summed E-state index contributed by atoms with van der Waals surface area (Å²) < 4.78 is 38.1. The molecule has 2 aromatic rings. The zero-order chi connectivity index (χ0) is 19.1. The van der Waals surface area contributed by atoms with E-state index in [-0.39, 0.29) is 16.6 Å². The highest BCUT2D eigenvalue weighted by atomic mass is 35.5. The lowest BCUT2D eigenvalue weighted by atomic mass is 10.1. The Labute approximate surface area is 151 Å². The van der Waals surface area contributed by atoms with Gasteiger partial charge in [-0.1, -0.05) is 17.7 Å². The van der Waals surface area contributed by atoms with Crippen LogP contribution in [0.3, 0.4) is 0 Å². The van der Waals surface area contributed by atoms with Gasteiger partial charge in [-0.2, -0.15) is 13.2 Å². The molecule has 0 saturated heterocycles. The van der Waals surface area contributed by atoms with Gasteiger partial charge in [-0.15, -0.1) is 0 Å². The molecule has 1 aromatic carbocycles. The second-order valence-electron chi connectivity index (χ2n) is 6.22. The van der Waals surface area contributed by atoms with Gasteiger partial charge in [0.1, 0.15) is 11.5 Å². The number of benzene rings is 1. The number of aromatic nitrogens is 2. The van der Waals surface area contributed by atoms with Crippen LogP contribution >= 0.6 is 11.6 Å². The molecule has 5 nitrogen and oxygen atoms in total. The molecule has 138 valence electrons. The van der Waals surface area contributed by atoms with Crippen LogP contribution in [0.25, 0.3) is 0 Å². The van der Waals surface area contributed by atoms with E-state index in [4.69, 9.17) is 11.6 Å². The predicted octanol–water partition coefficient (Wildman–Crippen LogP) is 3.81. The summed E-state index contributed by atoms with van der Waals surface area (Å²) in [5.74, 6) is 0.0431. The molecule has 1 atom stereocenters. The number of carbonyl (C=O) groups excluding carboxylic acids is 1. The van der Waals surface area contributed by atoms with E-state index in [1.165, 1.54) is 6.07 Å². The second-order valence-corrected chi connectivity index (χ2v) is 6.63. The summed E-state index contributed by atoms with van der Waals surface area (Å²) in [4.78, 5) is 30.8. The van der Waals surface area contributed by atoms with Crippen molar-refractivity contribution in [1.82, 2.24) is 15.3 Å². The fourth-order valence-electron chi connectivity index (χ4n) is 2.55. The zero-order valence-electron chi connectivity index (χ0n) is 13.7. The van der Waals surface area contributed by atoms with Gasteiger partial charge >= 0.3 is 6.18 Å². The lowest BCUT2D eigenvalue weighted by Crippen LogP contribution is -2.29. The Morgan fingerprint density at radius 2 is 2.04 bits per heavy atom. The number of aromatic amines is 1. The van der Waals surface area contributed by atoms with E-state index in [9.17, 15) is 22.8 Å². The first-order chi connectivity index (χ1) is 12.1. The molecule has 1 heterocycles. The number of hydrogen-bond acceptors (Lipinski definition) is 3. The molecule has 1 unspecified atom stereocenters. The SMILES string of the molecule is CC(NC(=O)c1cc(=O)[nH]c(C2CC2)n1)c1ccc(C(F)(F)F)cc1Cl. The fraction of sp³-hybridized carbons (Fsp3) is 0.353. The van der Waals surface area contributed by atoms with Crippen LogP contribution in [0.15, 0.2) is 29.1 Å². The standard InChI is InChI=1S/C17H15ClF3N3O2/c1-8(11-5-4-10(6-12(11)18)17(19,20)21)22-16(26)13-7-14(25)24-15(23-13)9-2-3-9/h4-9H,2-3H2,1H3,(H,22,26)(H,23,24,25). The van der Waals surface area contributed by atoms with Gasteiger partial charge in [0.15, 0.2) is 0 Å². The minimum Gasteiger partial charge on any atom is -0.344 e. The minimum atomic E-state index is -4.50. The van der Waals surface area contributed by atoms with Crippen LogP contribution in [0.1, 0.15) is 59.2 Å². The number of H-pyrrole nitrogens is 1. The molecule has 2 N–H and O–H groups in total. The Balaban J connectivity index is 1.78. The van der Waals surface area contributed by atoms with Crippen molar-refractivity contribution in [2.45, 2.75) is 37.9 Å². The maximum Gasteiger partial charge on any atom is 0.416 e. The van der Waals surface area contributed by atoms with Crippen molar-refractivity contribution in [3.8, 4) is 0 Å². The number of rotatable bonds is 4. The highest BCUT2D eigenvalue weighted by Crippen LogP contribution is 2.37. The van der Waals surface area contributed by atoms with E-state index in [0.717, 1.165) is 31.0 Å². The number of nitrogens with zero attached hydrogens (tertiary/aromatic N) is 1. The molecular weight excluding hydrogens is 371 g/mol. The van der Waals surface area contributed by atoms with E-state index in [0.29, 0.717) is 11.4 Å². The molecule has 1 amide bonds. The molecule has 0 aliphatic heterocycles. The first kappa shape index (κ1) is 18.4. The van der Waals surface area contributed by atoms with Crippen LogP contribution in [0, 0.1) is 0 Å². The molecule has 1 aromatic heterocycles. The Kier molecular flexibility index (Phi) is 4.79. The molecule has 1 saturated carbocycles. The smallest absolute Gasteiger partial charge is 0.344 e. The van der Waals surface area contributed by atoms with Crippen molar-refractivity contribution in [2.75, 3.05) is 0 Å². The second kappa shape index (κ2) is 6.75. The van der Waals surface area contributed by atoms with Gasteiger partial charge in [0, 0.05) is 17.0 Å². The lowest BCUT2D eigenvalue weighted by molar-refractivity contribution is -0.137. The Morgan fingerprint density at radius 3 is 2.62 bits per heavy atom. The van der Waals surface area contributed by atoms with E-state index in [1.54, 1.807) is 6.92 Å². The summed E-state index contributed by atoms with van der Waals surface area (Å²) in [5, 5.41) is 2.50. The van der Waals surface area contributed by atoms with Crippen LogP contribution in [-0.2, 0) is 6.18 Å². The van der Waals surface area contributed by atoms with Crippen LogP contribution < -0.4 is 10.9 Å². The molecule has 3 rings (SSSR count). The topological polar surface area (TPSA) is 74.8 Å². The first-order valence-corrected chi connectivity index (χ1v) is 8.31. The summed E-state index contributed by atoms with van der Waals surface area (Å²) in [6, 6.07) is 3.36. The van der Waals surface area contributed by atoms with Gasteiger partial charge in [0.25, 0.3) is 11.5 Å². The lowest BCUT2D eigenvalue weighted by Gasteiger charge is -2.17. The summed E-state index contributed by atoms with van der Waals surface area (Å²) in [6.07, 6.45) is -2.68. The highest BCUT2D eigenvalue weighted by Gasteiger charge is 2.31. The molecular formula is C17H15ClF3N3O2. The molecule has 0 radical (unpaired) electrons. The van der Waals surface area contributed by atoms with Crippen molar-refractivity contribution in [3.05, 3.63) is 62.3 Å². The largest absolute Gasteiger partial charge is 0.416 e. The summed E-state index contributed by atoms with van der Waals surface area (Å²) in [6.45, 7) is 1.58. The number of halogens is 4.